The number of para-hydroxylation sites is 2. The van der Waals surface area contributed by atoms with Crippen LogP contribution in [-0.4, -0.2) is 26.6 Å². The highest BCUT2D eigenvalue weighted by molar-refractivity contribution is 8.16. The van der Waals surface area contributed by atoms with Crippen LogP contribution in [0.15, 0.2) is 80.5 Å². The minimum absolute atomic E-state index is 0.635. The second kappa shape index (κ2) is 10.9. The predicted molar refractivity (Wildman–Crippen MR) is 139 cm³/mol. The van der Waals surface area contributed by atoms with Gasteiger partial charge in [-0.05, 0) is 12.1 Å². The topological polar surface area (TPSA) is 25.8 Å². The molecule has 0 atom stereocenters. The quantitative estimate of drug-likeness (QED) is 0.154. The van der Waals surface area contributed by atoms with Crippen LogP contribution in [0.1, 0.15) is 0 Å². The number of pyridine rings is 2. The van der Waals surface area contributed by atoms with Gasteiger partial charge in [-0.3, -0.25) is 9.97 Å². The summed E-state index contributed by atoms with van der Waals surface area (Å²) in [6, 6.07) is 16.4. The van der Waals surface area contributed by atoms with E-state index in [4.69, 9.17) is 12.8 Å². The van der Waals surface area contributed by atoms with E-state index in [0.29, 0.717) is 11.5 Å². The van der Waals surface area contributed by atoms with Gasteiger partial charge < -0.3 is 0 Å². The van der Waals surface area contributed by atoms with E-state index in [-0.39, 0.29) is 0 Å². The molecule has 4 rings (SSSR count). The number of hydrogen-bond donors (Lipinski definition) is 0. The van der Waals surface area contributed by atoms with Crippen LogP contribution in [0.25, 0.3) is 21.8 Å². The molecule has 152 valence electrons. The van der Waals surface area contributed by atoms with Gasteiger partial charge in [-0.25, -0.2) is 0 Å². The van der Waals surface area contributed by atoms with E-state index in [1.165, 1.54) is 9.79 Å². The first-order valence-electron chi connectivity index (χ1n) is 9.45. The zero-order chi connectivity index (χ0) is 21.5. The number of thioether (sulfide) groups is 4. The Bertz CT molecular complexity index is 1200. The van der Waals surface area contributed by atoms with Crippen molar-refractivity contribution >= 4 is 68.9 Å². The molecule has 0 unspecified atom stereocenters. The van der Waals surface area contributed by atoms with Crippen molar-refractivity contribution in [1.82, 2.24) is 9.97 Å². The molecule has 0 aliphatic heterocycles. The van der Waals surface area contributed by atoms with Gasteiger partial charge in [-0.15, -0.1) is 59.9 Å². The highest BCUT2D eigenvalue weighted by Crippen LogP contribution is 2.41. The Balaban J connectivity index is 1.58. The van der Waals surface area contributed by atoms with Crippen LogP contribution in [-0.2, 0) is 0 Å². The molecule has 0 aliphatic carbocycles. The summed E-state index contributed by atoms with van der Waals surface area (Å²) in [5.74, 6) is 6.74. The van der Waals surface area contributed by atoms with Gasteiger partial charge in [0.1, 0.15) is 0 Å². The standard InChI is InChI=1S/C25H18N2S4/c1-3-13-28-24-18-9-5-7-11-20(18)26-15-22(24)30-17-31-23-16-27-21-12-8-6-10-19(21)25(23)29-14-4-2/h1-2,5-12,15-16H,13-14,17H2. The third-order valence-electron chi connectivity index (χ3n) is 4.42. The lowest BCUT2D eigenvalue weighted by Crippen LogP contribution is -1.90. The molecule has 2 nitrogen and oxygen atoms in total. The Kier molecular flexibility index (Phi) is 7.72. The Morgan fingerprint density at radius 2 is 1.10 bits per heavy atom. The van der Waals surface area contributed by atoms with Gasteiger partial charge in [0.05, 0.1) is 22.5 Å². The van der Waals surface area contributed by atoms with E-state index in [9.17, 15) is 0 Å². The lowest BCUT2D eigenvalue weighted by molar-refractivity contribution is 1.20. The number of fused-ring (bicyclic) bond motifs is 2. The van der Waals surface area contributed by atoms with E-state index in [0.717, 1.165) is 36.7 Å². The fourth-order valence-corrected chi connectivity index (χ4v) is 7.28. The van der Waals surface area contributed by atoms with Gasteiger partial charge in [0.25, 0.3) is 0 Å². The summed E-state index contributed by atoms with van der Waals surface area (Å²) in [6.45, 7) is 0. The van der Waals surface area contributed by atoms with Gasteiger partial charge in [-0.1, -0.05) is 48.2 Å². The van der Waals surface area contributed by atoms with E-state index < -0.39 is 0 Å². The van der Waals surface area contributed by atoms with Crippen molar-refractivity contribution in [3.05, 3.63) is 60.9 Å². The van der Waals surface area contributed by atoms with Crippen LogP contribution in [0.3, 0.4) is 0 Å². The maximum atomic E-state index is 5.53. The zero-order valence-corrected chi connectivity index (χ0v) is 19.8. The smallest absolute Gasteiger partial charge is 0.0714 e. The van der Waals surface area contributed by atoms with Crippen molar-refractivity contribution in [3.63, 3.8) is 0 Å². The molecule has 0 spiro atoms. The van der Waals surface area contributed by atoms with Crippen LogP contribution in [0.5, 0.6) is 0 Å². The first-order valence-corrected chi connectivity index (χ1v) is 13.4. The van der Waals surface area contributed by atoms with E-state index >= 15 is 0 Å². The van der Waals surface area contributed by atoms with Crippen molar-refractivity contribution < 1.29 is 0 Å². The average molecular weight is 475 g/mol. The zero-order valence-electron chi connectivity index (χ0n) is 16.6. The lowest BCUT2D eigenvalue weighted by Gasteiger charge is -2.13. The van der Waals surface area contributed by atoms with Crippen molar-refractivity contribution in [3.8, 4) is 24.7 Å². The van der Waals surface area contributed by atoms with Crippen LogP contribution in [0.2, 0.25) is 0 Å². The molecule has 4 aromatic rings. The Labute approximate surface area is 199 Å². The maximum absolute atomic E-state index is 5.53. The normalized spacial score (nSPS) is 10.8. The molecule has 2 aromatic carbocycles. The number of aromatic nitrogens is 2. The molecule has 0 fully saturated rings. The number of hydrogen-bond acceptors (Lipinski definition) is 6. The third-order valence-corrected chi connectivity index (χ3v) is 8.94. The second-order valence-electron chi connectivity index (χ2n) is 6.33. The van der Waals surface area contributed by atoms with Crippen molar-refractivity contribution in [2.45, 2.75) is 19.6 Å². The van der Waals surface area contributed by atoms with Gasteiger partial charge in [0, 0.05) is 47.8 Å². The monoisotopic (exact) mass is 474 g/mol. The summed E-state index contributed by atoms with van der Waals surface area (Å²) in [5.41, 5.74) is 1.98. The van der Waals surface area contributed by atoms with Crippen molar-refractivity contribution in [2.24, 2.45) is 0 Å². The lowest BCUT2D eigenvalue weighted by atomic mass is 10.2. The minimum atomic E-state index is 0.635. The van der Waals surface area contributed by atoms with Crippen molar-refractivity contribution in [1.29, 1.82) is 0 Å². The highest BCUT2D eigenvalue weighted by atomic mass is 32.2. The molecular weight excluding hydrogens is 457 g/mol. The number of terminal acetylenes is 2. The highest BCUT2D eigenvalue weighted by Gasteiger charge is 2.13. The first-order chi connectivity index (χ1) is 15.3. The Hall–Kier alpha value is -2.22. The first kappa shape index (κ1) is 22.0. The van der Waals surface area contributed by atoms with E-state index in [1.54, 1.807) is 47.0 Å². The molecule has 0 N–H and O–H groups in total. The predicted octanol–water partition coefficient (Wildman–Crippen LogP) is 7.08. The largest absolute Gasteiger partial charge is 0.255 e. The molecule has 0 radical (unpaired) electrons. The van der Waals surface area contributed by atoms with Crippen LogP contribution in [0.4, 0.5) is 0 Å². The molecule has 0 bridgehead atoms. The SMILES string of the molecule is C#CCSc1c(SCSc2cnc3ccccc3c2SCC#C)cnc2ccccc12. The summed E-state index contributed by atoms with van der Waals surface area (Å²) < 4.78 is 0. The van der Waals surface area contributed by atoms with Gasteiger partial charge in [0.2, 0.25) is 0 Å². The summed E-state index contributed by atoms with van der Waals surface area (Å²) in [4.78, 5) is 14.0. The third kappa shape index (κ3) is 5.17. The van der Waals surface area contributed by atoms with Crippen LogP contribution >= 0.6 is 47.0 Å². The summed E-state index contributed by atoms with van der Waals surface area (Å²) in [6.07, 6.45) is 15.0. The van der Waals surface area contributed by atoms with Gasteiger partial charge >= 0.3 is 0 Å². The average Bonchev–Trinajstić information content (AvgIpc) is 2.82. The molecule has 2 aromatic heterocycles. The number of benzene rings is 2. The van der Waals surface area contributed by atoms with Gasteiger partial charge in [-0.2, -0.15) is 0 Å². The van der Waals surface area contributed by atoms with Crippen LogP contribution in [0, 0.1) is 24.7 Å². The summed E-state index contributed by atoms with van der Waals surface area (Å²) in [5, 5.41) is 3.14. The fraction of sp³-hybridized carbons (Fsp3) is 0.120. The number of nitrogens with zero attached hydrogens (tertiary/aromatic N) is 2. The number of rotatable bonds is 8. The fourth-order valence-electron chi connectivity index (χ4n) is 3.08. The minimum Gasteiger partial charge on any atom is -0.255 e. The Morgan fingerprint density at radius 1 is 0.645 bits per heavy atom. The van der Waals surface area contributed by atoms with Gasteiger partial charge in [0.15, 0.2) is 0 Å². The molecule has 6 heteroatoms. The summed E-state index contributed by atoms with van der Waals surface area (Å²) in [7, 11) is 0. The Morgan fingerprint density at radius 3 is 1.55 bits per heavy atom. The molecule has 2 heterocycles. The molecule has 0 aliphatic rings. The molecule has 0 saturated heterocycles. The van der Waals surface area contributed by atoms with E-state index in [2.05, 4.69) is 33.9 Å². The molecule has 0 amide bonds. The maximum Gasteiger partial charge on any atom is 0.0714 e. The molecule has 0 saturated carbocycles. The molecular formula is C25H18N2S4. The van der Waals surface area contributed by atoms with Crippen LogP contribution < -0.4 is 0 Å². The summed E-state index contributed by atoms with van der Waals surface area (Å²) >= 11 is 6.95. The second-order valence-corrected chi connectivity index (χ2v) is 10.7. The van der Waals surface area contributed by atoms with Crippen molar-refractivity contribution in [2.75, 3.05) is 16.6 Å². The molecule has 31 heavy (non-hydrogen) atoms. The van der Waals surface area contributed by atoms with E-state index in [1.807, 2.05) is 48.8 Å².